The van der Waals surface area contributed by atoms with Crippen molar-refractivity contribution in [2.45, 2.75) is 4.90 Å². The van der Waals surface area contributed by atoms with Gasteiger partial charge in [0.15, 0.2) is 15.6 Å². The van der Waals surface area contributed by atoms with Crippen molar-refractivity contribution in [2.75, 3.05) is 11.6 Å². The number of anilines is 1. The van der Waals surface area contributed by atoms with Gasteiger partial charge in [0.2, 0.25) is 0 Å². The largest absolute Gasteiger partial charge is 0.454 e. The Labute approximate surface area is 187 Å². The number of hydrogen-bond donors (Lipinski definition) is 1. The molecule has 3 aromatic rings. The van der Waals surface area contributed by atoms with Crippen LogP contribution in [0.4, 0.5) is 10.1 Å². The summed E-state index contributed by atoms with van der Waals surface area (Å²) >= 11 is 18.0. The number of benzene rings is 3. The summed E-state index contributed by atoms with van der Waals surface area (Å²) in [6.45, 7) is 0. The van der Waals surface area contributed by atoms with E-state index in [1.54, 1.807) is 18.2 Å². The van der Waals surface area contributed by atoms with Gasteiger partial charge in [-0.05, 0) is 54.6 Å². The lowest BCUT2D eigenvalue weighted by molar-refractivity contribution is 0.102. The van der Waals surface area contributed by atoms with E-state index in [1.807, 2.05) is 0 Å². The highest BCUT2D eigenvalue weighted by atomic mass is 35.5. The molecule has 0 aromatic heterocycles. The number of hydrogen-bond acceptors (Lipinski definition) is 4. The van der Waals surface area contributed by atoms with Crippen molar-refractivity contribution in [1.82, 2.24) is 0 Å². The molecule has 0 heterocycles. The summed E-state index contributed by atoms with van der Waals surface area (Å²) in [6, 6.07) is 12.2. The van der Waals surface area contributed by atoms with E-state index in [0.717, 1.165) is 18.4 Å². The maximum Gasteiger partial charge on any atom is 0.255 e. The highest BCUT2D eigenvalue weighted by Gasteiger charge is 2.18. The van der Waals surface area contributed by atoms with Crippen LogP contribution in [0, 0.1) is 5.82 Å². The van der Waals surface area contributed by atoms with Gasteiger partial charge in [0.05, 0.1) is 10.7 Å². The van der Waals surface area contributed by atoms with Gasteiger partial charge in [-0.2, -0.15) is 0 Å². The zero-order valence-electron chi connectivity index (χ0n) is 15.2. The van der Waals surface area contributed by atoms with Crippen LogP contribution >= 0.6 is 34.8 Å². The molecule has 0 radical (unpaired) electrons. The quantitative estimate of drug-likeness (QED) is 0.462. The van der Waals surface area contributed by atoms with Gasteiger partial charge in [-0.25, -0.2) is 12.8 Å². The molecule has 0 unspecified atom stereocenters. The van der Waals surface area contributed by atoms with Crippen LogP contribution in [0.3, 0.4) is 0 Å². The Hall–Kier alpha value is -2.32. The van der Waals surface area contributed by atoms with Crippen LogP contribution in [0.25, 0.3) is 0 Å². The summed E-state index contributed by atoms with van der Waals surface area (Å²) in [5, 5.41) is 3.58. The highest BCUT2D eigenvalue weighted by Crippen LogP contribution is 2.36. The Bertz CT molecular complexity index is 1250. The molecule has 5 nitrogen and oxygen atoms in total. The molecular weight excluding hydrogens is 476 g/mol. The first kappa shape index (κ1) is 22.4. The van der Waals surface area contributed by atoms with E-state index in [0.29, 0.717) is 15.8 Å². The molecule has 0 bridgehead atoms. The third-order valence-corrected chi connectivity index (χ3v) is 5.77. The van der Waals surface area contributed by atoms with E-state index in [2.05, 4.69) is 5.32 Å². The first-order chi connectivity index (χ1) is 14.0. The van der Waals surface area contributed by atoms with Crippen molar-refractivity contribution in [2.24, 2.45) is 0 Å². The normalized spacial score (nSPS) is 11.2. The average molecular weight is 489 g/mol. The maximum absolute atomic E-state index is 13.8. The minimum atomic E-state index is -3.85. The van der Waals surface area contributed by atoms with Gasteiger partial charge in [0.25, 0.3) is 5.91 Å². The smallest absolute Gasteiger partial charge is 0.255 e. The van der Waals surface area contributed by atoms with Gasteiger partial charge >= 0.3 is 0 Å². The number of halogens is 4. The number of rotatable bonds is 5. The molecule has 30 heavy (non-hydrogen) atoms. The van der Waals surface area contributed by atoms with E-state index in [9.17, 15) is 17.6 Å². The monoisotopic (exact) mass is 487 g/mol. The Morgan fingerprint density at radius 3 is 2.20 bits per heavy atom. The predicted octanol–water partition coefficient (Wildman–Crippen LogP) is 6.23. The Balaban J connectivity index is 1.93. The average Bonchev–Trinajstić information content (AvgIpc) is 2.65. The zero-order chi connectivity index (χ0) is 22.1. The molecule has 0 atom stereocenters. The molecular formula is C20H13Cl3FNO4S. The molecule has 0 saturated carbocycles. The van der Waals surface area contributed by atoms with Gasteiger partial charge in [-0.15, -0.1) is 0 Å². The molecule has 10 heteroatoms. The van der Waals surface area contributed by atoms with E-state index in [1.165, 1.54) is 24.3 Å². The summed E-state index contributed by atoms with van der Waals surface area (Å²) in [7, 11) is -3.85. The summed E-state index contributed by atoms with van der Waals surface area (Å²) < 4.78 is 43.0. The number of ether oxygens (including phenoxy) is 1. The number of amides is 1. The molecule has 1 N–H and O–H groups in total. The zero-order valence-corrected chi connectivity index (χ0v) is 18.3. The predicted molar refractivity (Wildman–Crippen MR) is 115 cm³/mol. The molecule has 0 aliphatic heterocycles. The van der Waals surface area contributed by atoms with Gasteiger partial charge in [0, 0.05) is 21.9 Å². The fraction of sp³-hybridized carbons (Fsp3) is 0.0500. The minimum absolute atomic E-state index is 0.0627. The second-order valence-electron chi connectivity index (χ2n) is 6.19. The van der Waals surface area contributed by atoms with Gasteiger partial charge in [0.1, 0.15) is 16.5 Å². The van der Waals surface area contributed by atoms with Crippen molar-refractivity contribution in [3.63, 3.8) is 0 Å². The van der Waals surface area contributed by atoms with Gasteiger partial charge in [-0.1, -0.05) is 34.8 Å². The van der Waals surface area contributed by atoms with Crippen LogP contribution in [0.15, 0.2) is 59.5 Å². The minimum Gasteiger partial charge on any atom is -0.454 e. The third kappa shape index (κ3) is 5.23. The lowest BCUT2D eigenvalue weighted by Crippen LogP contribution is -2.14. The second-order valence-corrected chi connectivity index (χ2v) is 9.45. The van der Waals surface area contributed by atoms with Crippen molar-refractivity contribution in [1.29, 1.82) is 0 Å². The first-order valence-electron chi connectivity index (χ1n) is 8.28. The van der Waals surface area contributed by atoms with Crippen LogP contribution in [0.1, 0.15) is 10.4 Å². The molecule has 3 rings (SSSR count). The number of carbonyl (C=O) groups excluding carboxylic acids is 1. The molecule has 3 aromatic carbocycles. The van der Waals surface area contributed by atoms with Crippen molar-refractivity contribution in [3.05, 3.63) is 81.0 Å². The highest BCUT2D eigenvalue weighted by molar-refractivity contribution is 7.90. The lowest BCUT2D eigenvalue weighted by atomic mass is 10.2. The fourth-order valence-electron chi connectivity index (χ4n) is 2.49. The van der Waals surface area contributed by atoms with E-state index < -0.39 is 26.5 Å². The summed E-state index contributed by atoms with van der Waals surface area (Å²) in [6.07, 6.45) is 0.853. The van der Waals surface area contributed by atoms with Gasteiger partial charge in [-0.3, -0.25) is 4.79 Å². The Morgan fingerprint density at radius 2 is 1.57 bits per heavy atom. The number of nitrogens with one attached hydrogen (secondary N) is 1. The van der Waals surface area contributed by atoms with Gasteiger partial charge < -0.3 is 10.1 Å². The molecule has 0 fully saturated rings. The lowest BCUT2D eigenvalue weighted by Gasteiger charge is -2.14. The van der Waals surface area contributed by atoms with Crippen molar-refractivity contribution >= 4 is 56.2 Å². The molecule has 1 amide bonds. The van der Waals surface area contributed by atoms with Crippen LogP contribution in [0.5, 0.6) is 11.5 Å². The van der Waals surface area contributed by atoms with E-state index in [4.69, 9.17) is 39.5 Å². The number of sulfone groups is 1. The first-order valence-corrected chi connectivity index (χ1v) is 11.3. The molecule has 0 aliphatic carbocycles. The van der Waals surface area contributed by atoms with Crippen LogP contribution < -0.4 is 10.1 Å². The summed E-state index contributed by atoms with van der Waals surface area (Å²) in [4.78, 5) is 12.1. The topological polar surface area (TPSA) is 72.5 Å². The van der Waals surface area contributed by atoms with Crippen LogP contribution in [0.2, 0.25) is 15.1 Å². The summed E-state index contributed by atoms with van der Waals surface area (Å²) in [5.41, 5.74) is 0.135. The Kier molecular flexibility index (Phi) is 6.57. The number of carbonyl (C=O) groups is 1. The molecule has 156 valence electrons. The van der Waals surface area contributed by atoms with Crippen molar-refractivity contribution < 1.29 is 22.3 Å². The van der Waals surface area contributed by atoms with Crippen molar-refractivity contribution in [3.8, 4) is 11.5 Å². The second kappa shape index (κ2) is 8.81. The molecule has 0 aliphatic rings. The molecule has 0 saturated heterocycles. The third-order valence-electron chi connectivity index (χ3n) is 3.90. The SMILES string of the molecule is CS(=O)(=O)c1cc(C(=O)Nc2cc(Cl)ccc2Oc2ccc(Cl)cc2Cl)ccc1F. The molecule has 0 spiro atoms. The van der Waals surface area contributed by atoms with E-state index >= 15 is 0 Å². The standard InChI is InChI=1S/C20H13Cl3FNO4S/c1-30(27,28)19-8-11(2-5-15(19)24)20(26)25-16-10-13(22)4-7-18(16)29-17-6-3-12(21)9-14(17)23/h2-10H,1H3,(H,25,26). The van der Waals surface area contributed by atoms with Crippen LogP contribution in [-0.4, -0.2) is 20.6 Å². The fourth-order valence-corrected chi connectivity index (χ4v) is 3.87. The maximum atomic E-state index is 13.8. The van der Waals surface area contributed by atoms with Crippen LogP contribution in [-0.2, 0) is 9.84 Å². The Morgan fingerprint density at radius 1 is 0.933 bits per heavy atom. The summed E-state index contributed by atoms with van der Waals surface area (Å²) in [5.74, 6) is -1.12. The van der Waals surface area contributed by atoms with E-state index in [-0.39, 0.29) is 22.0 Å².